The molecule has 1 amide bonds. The van der Waals surface area contributed by atoms with Crippen molar-refractivity contribution in [3.63, 3.8) is 0 Å². The zero-order valence-corrected chi connectivity index (χ0v) is 15.0. The molecule has 0 bridgehead atoms. The maximum Gasteiger partial charge on any atom is 0.241 e. The van der Waals surface area contributed by atoms with Crippen LogP contribution in [0.5, 0.6) is 0 Å². The molecule has 2 aliphatic rings. The molecule has 1 aromatic carbocycles. The highest BCUT2D eigenvalue weighted by Crippen LogP contribution is 2.33. The summed E-state index contributed by atoms with van der Waals surface area (Å²) in [5.41, 5.74) is 5.53. The lowest BCUT2D eigenvalue weighted by Gasteiger charge is -2.35. The van der Waals surface area contributed by atoms with Crippen LogP contribution in [-0.4, -0.2) is 45.4 Å². The number of benzene rings is 1. The van der Waals surface area contributed by atoms with E-state index in [1.807, 2.05) is 35.4 Å². The number of aromatic nitrogens is 3. The van der Waals surface area contributed by atoms with Crippen LogP contribution in [0.2, 0.25) is 0 Å². The summed E-state index contributed by atoms with van der Waals surface area (Å²) in [6.07, 6.45) is 7.19. The summed E-state index contributed by atoms with van der Waals surface area (Å²) < 4.78 is 0. The fraction of sp³-hybridized carbons (Fsp3) is 0.286. The van der Waals surface area contributed by atoms with Crippen molar-refractivity contribution in [2.45, 2.75) is 18.9 Å². The molecule has 0 radical (unpaired) electrons. The Morgan fingerprint density at radius 2 is 2.07 bits per heavy atom. The summed E-state index contributed by atoms with van der Waals surface area (Å²) in [5, 5.41) is 0. The fourth-order valence-corrected chi connectivity index (χ4v) is 4.26. The van der Waals surface area contributed by atoms with Gasteiger partial charge in [-0.3, -0.25) is 14.7 Å². The number of para-hydroxylation sites is 1. The minimum Gasteiger partial charge on any atom is -0.348 e. The Kier molecular flexibility index (Phi) is 3.98. The number of hydrogen-bond donors (Lipinski definition) is 1. The van der Waals surface area contributed by atoms with Crippen LogP contribution in [0, 0.1) is 0 Å². The molecule has 2 aromatic heterocycles. The number of carbonyl (C=O) groups excluding carboxylic acids is 1. The van der Waals surface area contributed by atoms with Gasteiger partial charge in [0.25, 0.3) is 0 Å². The van der Waals surface area contributed by atoms with Crippen LogP contribution in [-0.2, 0) is 17.6 Å². The molecule has 4 heterocycles. The summed E-state index contributed by atoms with van der Waals surface area (Å²) >= 11 is 0. The molecule has 1 atom stereocenters. The first-order valence-electron chi connectivity index (χ1n) is 9.35. The molecule has 3 aromatic rings. The predicted molar refractivity (Wildman–Crippen MR) is 102 cm³/mol. The Morgan fingerprint density at radius 1 is 1.15 bits per heavy atom. The second-order valence-electron chi connectivity index (χ2n) is 7.10. The van der Waals surface area contributed by atoms with Crippen LogP contribution in [0.3, 0.4) is 0 Å². The fourth-order valence-electron chi connectivity index (χ4n) is 4.26. The van der Waals surface area contributed by atoms with Gasteiger partial charge < -0.3 is 9.88 Å². The maximum atomic E-state index is 13.1. The van der Waals surface area contributed by atoms with Crippen LogP contribution >= 0.6 is 0 Å². The van der Waals surface area contributed by atoms with Crippen molar-refractivity contribution < 1.29 is 4.79 Å². The van der Waals surface area contributed by atoms with E-state index < -0.39 is 0 Å². The number of carbonyl (C=O) groups is 1. The Hall–Kier alpha value is -2.99. The summed E-state index contributed by atoms with van der Waals surface area (Å²) in [7, 11) is 0. The number of H-pyrrole nitrogens is 1. The topological polar surface area (TPSA) is 65.1 Å². The molecule has 0 spiro atoms. The Labute approximate surface area is 157 Å². The maximum absolute atomic E-state index is 13.1. The van der Waals surface area contributed by atoms with Crippen LogP contribution in [0.25, 0.3) is 0 Å². The molecule has 6 nitrogen and oxygen atoms in total. The normalized spacial score (nSPS) is 19.0. The lowest BCUT2D eigenvalue weighted by molar-refractivity contribution is -0.120. The van der Waals surface area contributed by atoms with Gasteiger partial charge in [-0.2, -0.15) is 0 Å². The molecule has 0 aliphatic carbocycles. The molecule has 27 heavy (non-hydrogen) atoms. The minimum absolute atomic E-state index is 0.0458. The first-order valence-corrected chi connectivity index (χ1v) is 9.35. The van der Waals surface area contributed by atoms with E-state index >= 15 is 0 Å². The lowest BCUT2D eigenvalue weighted by Crippen LogP contribution is -2.44. The van der Waals surface area contributed by atoms with Crippen molar-refractivity contribution in [2.24, 2.45) is 0 Å². The van der Waals surface area contributed by atoms with Gasteiger partial charge in [-0.25, -0.2) is 4.98 Å². The monoisotopic (exact) mass is 359 g/mol. The van der Waals surface area contributed by atoms with E-state index in [9.17, 15) is 4.79 Å². The standard InChI is InChI=1S/C21H21N5O/c27-19(26-11-7-15-4-1-2-6-18(15)26)13-25-10-8-17-20(24-14-23-17)21(25)16-5-3-9-22-12-16/h1-6,9,12,14,21H,7-8,10-11,13H2,(H,23,24). The van der Waals surface area contributed by atoms with E-state index in [2.05, 4.69) is 32.0 Å². The number of aromatic amines is 1. The smallest absolute Gasteiger partial charge is 0.241 e. The van der Waals surface area contributed by atoms with Crippen molar-refractivity contribution in [3.05, 3.63) is 77.6 Å². The molecular formula is C21H21N5O. The third kappa shape index (κ3) is 2.82. The van der Waals surface area contributed by atoms with Gasteiger partial charge in [0.05, 0.1) is 24.6 Å². The Balaban J connectivity index is 1.43. The largest absolute Gasteiger partial charge is 0.348 e. The highest BCUT2D eigenvalue weighted by Gasteiger charge is 2.34. The SMILES string of the molecule is O=C(CN1CCc2[nH]cnc2C1c1cccnc1)N1CCc2ccccc21. The van der Waals surface area contributed by atoms with Gasteiger partial charge in [0, 0.05) is 43.3 Å². The molecule has 136 valence electrons. The number of hydrogen-bond acceptors (Lipinski definition) is 4. The van der Waals surface area contributed by atoms with Crippen molar-refractivity contribution in [1.82, 2.24) is 19.9 Å². The first kappa shape index (κ1) is 16.2. The van der Waals surface area contributed by atoms with Gasteiger partial charge in [-0.1, -0.05) is 24.3 Å². The molecule has 1 unspecified atom stereocenters. The second kappa shape index (κ2) is 6.63. The second-order valence-corrected chi connectivity index (χ2v) is 7.10. The van der Waals surface area contributed by atoms with Crippen molar-refractivity contribution in [2.75, 3.05) is 24.5 Å². The Bertz CT molecular complexity index is 967. The third-order valence-electron chi connectivity index (χ3n) is 5.55. The molecule has 0 saturated carbocycles. The van der Waals surface area contributed by atoms with Crippen molar-refractivity contribution in [1.29, 1.82) is 0 Å². The van der Waals surface area contributed by atoms with Crippen LogP contribution in [0.1, 0.15) is 28.6 Å². The third-order valence-corrected chi connectivity index (χ3v) is 5.55. The number of imidazole rings is 1. The van der Waals surface area contributed by atoms with Crippen molar-refractivity contribution in [3.8, 4) is 0 Å². The van der Waals surface area contributed by atoms with E-state index in [0.717, 1.165) is 48.6 Å². The van der Waals surface area contributed by atoms with Gasteiger partial charge >= 0.3 is 0 Å². The van der Waals surface area contributed by atoms with Gasteiger partial charge in [0.15, 0.2) is 0 Å². The summed E-state index contributed by atoms with van der Waals surface area (Å²) in [5.74, 6) is 0.146. The van der Waals surface area contributed by atoms with Crippen LogP contribution < -0.4 is 4.90 Å². The van der Waals surface area contributed by atoms with E-state index in [1.54, 1.807) is 12.5 Å². The predicted octanol–water partition coefficient (Wildman–Crippen LogP) is 2.34. The van der Waals surface area contributed by atoms with E-state index in [-0.39, 0.29) is 11.9 Å². The quantitative estimate of drug-likeness (QED) is 0.780. The lowest BCUT2D eigenvalue weighted by atomic mass is 9.97. The molecule has 5 rings (SSSR count). The van der Waals surface area contributed by atoms with Gasteiger partial charge in [-0.15, -0.1) is 0 Å². The zero-order valence-electron chi connectivity index (χ0n) is 15.0. The van der Waals surface area contributed by atoms with Crippen LogP contribution in [0.4, 0.5) is 5.69 Å². The summed E-state index contributed by atoms with van der Waals surface area (Å²) in [6, 6.07) is 12.1. The number of anilines is 1. The average Bonchev–Trinajstić information content (AvgIpc) is 3.35. The number of rotatable bonds is 3. The first-order chi connectivity index (χ1) is 13.3. The van der Waals surface area contributed by atoms with Gasteiger partial charge in [0.1, 0.15) is 0 Å². The molecule has 1 N–H and O–H groups in total. The number of fused-ring (bicyclic) bond motifs is 2. The molecule has 0 fully saturated rings. The van der Waals surface area contributed by atoms with Gasteiger partial charge in [0.2, 0.25) is 5.91 Å². The van der Waals surface area contributed by atoms with E-state index in [1.165, 1.54) is 5.56 Å². The van der Waals surface area contributed by atoms with Crippen molar-refractivity contribution >= 4 is 11.6 Å². The minimum atomic E-state index is -0.0458. The molecule has 2 aliphatic heterocycles. The van der Waals surface area contributed by atoms with E-state index in [0.29, 0.717) is 6.54 Å². The highest BCUT2D eigenvalue weighted by molar-refractivity contribution is 5.96. The number of amides is 1. The number of nitrogens with zero attached hydrogens (tertiary/aromatic N) is 4. The van der Waals surface area contributed by atoms with Crippen LogP contribution in [0.15, 0.2) is 55.1 Å². The van der Waals surface area contributed by atoms with E-state index in [4.69, 9.17) is 0 Å². The number of nitrogens with one attached hydrogen (secondary N) is 1. The zero-order chi connectivity index (χ0) is 18.2. The molecule has 6 heteroatoms. The Morgan fingerprint density at radius 3 is 2.96 bits per heavy atom. The average molecular weight is 359 g/mol. The summed E-state index contributed by atoms with van der Waals surface area (Å²) in [4.78, 5) is 29.4. The highest BCUT2D eigenvalue weighted by atomic mass is 16.2. The van der Waals surface area contributed by atoms with Gasteiger partial charge in [-0.05, 0) is 29.7 Å². The summed E-state index contributed by atoms with van der Waals surface area (Å²) in [6.45, 7) is 1.95. The number of pyridine rings is 1. The molecule has 0 saturated heterocycles. The molecular weight excluding hydrogens is 338 g/mol.